The van der Waals surface area contributed by atoms with Crippen molar-refractivity contribution in [1.82, 2.24) is 4.90 Å². The van der Waals surface area contributed by atoms with Crippen LogP contribution < -0.4 is 10.1 Å². The Morgan fingerprint density at radius 2 is 1.73 bits per heavy atom. The van der Waals surface area contributed by atoms with E-state index in [1.807, 2.05) is 0 Å². The summed E-state index contributed by atoms with van der Waals surface area (Å²) in [4.78, 5) is 27.4. The molecule has 0 radical (unpaired) electrons. The second-order valence-corrected chi connectivity index (χ2v) is 6.87. The maximum atomic E-state index is 14.2. The molecule has 0 aliphatic carbocycles. The number of nitrogens with one attached hydrogen (secondary N) is 1. The van der Waals surface area contributed by atoms with Crippen molar-refractivity contribution in [2.45, 2.75) is 6.04 Å². The molecule has 5 nitrogen and oxygen atoms in total. The first kappa shape index (κ1) is 19.6. The molecule has 2 amide bonds. The molecule has 1 aliphatic heterocycles. The van der Waals surface area contributed by atoms with Gasteiger partial charge < -0.3 is 15.0 Å². The summed E-state index contributed by atoms with van der Waals surface area (Å²) in [7, 11) is 1.45. The number of carbonyl (C=O) groups excluding carboxylic acids is 2. The van der Waals surface area contributed by atoms with Crippen LogP contribution in [0.15, 0.2) is 66.7 Å². The summed E-state index contributed by atoms with van der Waals surface area (Å²) in [6.07, 6.45) is 0. The van der Waals surface area contributed by atoms with E-state index in [9.17, 15) is 18.4 Å². The third-order valence-electron chi connectivity index (χ3n) is 4.99. The van der Waals surface area contributed by atoms with Crippen LogP contribution in [0.25, 0.3) is 0 Å². The lowest BCUT2D eigenvalue weighted by atomic mass is 9.95. The molecular weight excluding hydrogens is 390 g/mol. The zero-order chi connectivity index (χ0) is 21.3. The van der Waals surface area contributed by atoms with Crippen LogP contribution in [0, 0.1) is 11.6 Å². The first-order valence-corrected chi connectivity index (χ1v) is 9.26. The number of amides is 2. The number of ether oxygens (including phenoxy) is 1. The van der Waals surface area contributed by atoms with Gasteiger partial charge in [-0.05, 0) is 48.0 Å². The molecule has 152 valence electrons. The molecule has 0 unspecified atom stereocenters. The molecule has 1 aliphatic rings. The first-order chi connectivity index (χ1) is 14.5. The summed E-state index contributed by atoms with van der Waals surface area (Å²) >= 11 is 0. The van der Waals surface area contributed by atoms with Gasteiger partial charge in [0.05, 0.1) is 18.7 Å². The fraction of sp³-hybridized carbons (Fsp3) is 0.130. The first-order valence-electron chi connectivity index (χ1n) is 9.26. The zero-order valence-electron chi connectivity index (χ0n) is 16.1. The highest BCUT2D eigenvalue weighted by atomic mass is 19.1. The van der Waals surface area contributed by atoms with Crippen molar-refractivity contribution in [3.05, 3.63) is 95.1 Å². The Labute approximate surface area is 171 Å². The molecule has 0 saturated carbocycles. The Morgan fingerprint density at radius 1 is 1.03 bits per heavy atom. The highest BCUT2D eigenvalue weighted by Crippen LogP contribution is 2.37. The van der Waals surface area contributed by atoms with Crippen LogP contribution in [-0.4, -0.2) is 30.4 Å². The molecule has 0 fully saturated rings. The van der Waals surface area contributed by atoms with Crippen molar-refractivity contribution in [3.8, 4) is 5.75 Å². The number of carbonyl (C=O) groups is 2. The molecule has 3 aromatic carbocycles. The van der Waals surface area contributed by atoms with Gasteiger partial charge in [0.2, 0.25) is 5.91 Å². The van der Waals surface area contributed by atoms with Crippen molar-refractivity contribution in [2.75, 3.05) is 19.0 Å². The van der Waals surface area contributed by atoms with E-state index in [1.54, 1.807) is 24.3 Å². The lowest BCUT2D eigenvalue weighted by Gasteiger charge is -2.31. The van der Waals surface area contributed by atoms with E-state index in [0.29, 0.717) is 22.6 Å². The summed E-state index contributed by atoms with van der Waals surface area (Å²) < 4.78 is 33.0. The van der Waals surface area contributed by atoms with Gasteiger partial charge in [0, 0.05) is 11.3 Å². The molecule has 1 heterocycles. The normalized spacial score (nSPS) is 15.8. The Morgan fingerprint density at radius 3 is 2.47 bits per heavy atom. The number of nitrogens with zero attached hydrogens (tertiary/aromatic N) is 1. The summed E-state index contributed by atoms with van der Waals surface area (Å²) in [6, 6.07) is 15.4. The van der Waals surface area contributed by atoms with E-state index in [1.165, 1.54) is 54.5 Å². The largest absolute Gasteiger partial charge is 0.496 e. The van der Waals surface area contributed by atoms with Gasteiger partial charge in [0.25, 0.3) is 5.91 Å². The SMILES string of the molecule is COc1ccccc1C(=O)N1CC(=O)Nc2ccc(F)cc2[C@@H]1c1ccc(F)cc1. The van der Waals surface area contributed by atoms with Crippen molar-refractivity contribution in [3.63, 3.8) is 0 Å². The van der Waals surface area contributed by atoms with Gasteiger partial charge in [-0.3, -0.25) is 9.59 Å². The molecule has 0 bridgehead atoms. The minimum atomic E-state index is -0.812. The standard InChI is InChI=1S/C23H18F2N2O3/c1-30-20-5-3-2-4-17(20)23(29)27-13-21(28)26-19-11-10-16(25)12-18(19)22(27)14-6-8-15(24)9-7-14/h2-12,22H,13H2,1H3,(H,26,28)/t22-/m0/s1. The van der Waals surface area contributed by atoms with E-state index in [0.717, 1.165) is 0 Å². The van der Waals surface area contributed by atoms with Gasteiger partial charge >= 0.3 is 0 Å². The average molecular weight is 408 g/mol. The minimum Gasteiger partial charge on any atom is -0.496 e. The third kappa shape index (κ3) is 3.61. The minimum absolute atomic E-state index is 0.264. The maximum absolute atomic E-state index is 14.2. The number of methoxy groups -OCH3 is 1. The van der Waals surface area contributed by atoms with Gasteiger partial charge in [-0.25, -0.2) is 8.78 Å². The molecule has 1 N–H and O–H groups in total. The van der Waals surface area contributed by atoms with Crippen LogP contribution in [0.2, 0.25) is 0 Å². The van der Waals surface area contributed by atoms with Crippen LogP contribution in [0.5, 0.6) is 5.75 Å². The van der Waals surface area contributed by atoms with Crippen LogP contribution in [-0.2, 0) is 4.79 Å². The van der Waals surface area contributed by atoms with Crippen LogP contribution in [0.4, 0.5) is 14.5 Å². The highest BCUT2D eigenvalue weighted by Gasteiger charge is 2.35. The van der Waals surface area contributed by atoms with Crippen molar-refractivity contribution in [1.29, 1.82) is 0 Å². The maximum Gasteiger partial charge on any atom is 0.258 e. The summed E-state index contributed by atoms with van der Waals surface area (Å²) in [5.41, 5.74) is 1.60. The smallest absolute Gasteiger partial charge is 0.258 e. The number of hydrogen-bond donors (Lipinski definition) is 1. The van der Waals surface area contributed by atoms with Gasteiger partial charge in [0.15, 0.2) is 0 Å². The molecule has 0 spiro atoms. The molecule has 4 rings (SSSR count). The number of rotatable bonds is 3. The molecule has 1 atom stereocenters. The van der Waals surface area contributed by atoms with Crippen LogP contribution >= 0.6 is 0 Å². The topological polar surface area (TPSA) is 58.6 Å². The van der Waals surface area contributed by atoms with Gasteiger partial charge in [-0.15, -0.1) is 0 Å². The number of halogens is 2. The molecule has 30 heavy (non-hydrogen) atoms. The molecule has 0 aromatic heterocycles. The number of fused-ring (bicyclic) bond motifs is 1. The fourth-order valence-corrected chi connectivity index (χ4v) is 3.65. The quantitative estimate of drug-likeness (QED) is 0.708. The van der Waals surface area contributed by atoms with Gasteiger partial charge in [0.1, 0.15) is 23.9 Å². The molecular formula is C23H18F2N2O3. The van der Waals surface area contributed by atoms with Crippen LogP contribution in [0.1, 0.15) is 27.5 Å². The fourth-order valence-electron chi connectivity index (χ4n) is 3.65. The lowest BCUT2D eigenvalue weighted by molar-refractivity contribution is -0.117. The molecule has 3 aromatic rings. The summed E-state index contributed by atoms with van der Waals surface area (Å²) in [5.74, 6) is -1.49. The van der Waals surface area contributed by atoms with Gasteiger partial charge in [-0.2, -0.15) is 0 Å². The predicted molar refractivity (Wildman–Crippen MR) is 107 cm³/mol. The van der Waals surface area contributed by atoms with Gasteiger partial charge in [-0.1, -0.05) is 24.3 Å². The van der Waals surface area contributed by atoms with E-state index in [4.69, 9.17) is 4.74 Å². The Hall–Kier alpha value is -3.74. The Bertz CT molecular complexity index is 1120. The van der Waals surface area contributed by atoms with Crippen molar-refractivity contribution in [2.24, 2.45) is 0 Å². The molecule has 0 saturated heterocycles. The second kappa shape index (κ2) is 7.94. The summed E-state index contributed by atoms with van der Waals surface area (Å²) in [6.45, 7) is -0.269. The second-order valence-electron chi connectivity index (χ2n) is 6.87. The van der Waals surface area contributed by atoms with E-state index < -0.39 is 29.5 Å². The molecule has 7 heteroatoms. The van der Waals surface area contributed by atoms with E-state index in [-0.39, 0.29) is 12.1 Å². The predicted octanol–water partition coefficient (Wildman–Crippen LogP) is 4.16. The monoisotopic (exact) mass is 408 g/mol. The van der Waals surface area contributed by atoms with E-state index >= 15 is 0 Å². The Balaban J connectivity index is 1.91. The number of para-hydroxylation sites is 1. The lowest BCUT2D eigenvalue weighted by Crippen LogP contribution is -2.39. The van der Waals surface area contributed by atoms with Crippen molar-refractivity contribution < 1.29 is 23.1 Å². The average Bonchev–Trinajstić information content (AvgIpc) is 2.89. The third-order valence-corrected chi connectivity index (χ3v) is 4.99. The Kier molecular flexibility index (Phi) is 5.18. The number of hydrogen-bond acceptors (Lipinski definition) is 3. The zero-order valence-corrected chi connectivity index (χ0v) is 16.1. The van der Waals surface area contributed by atoms with Crippen LogP contribution in [0.3, 0.4) is 0 Å². The number of benzene rings is 3. The van der Waals surface area contributed by atoms with Crippen molar-refractivity contribution >= 4 is 17.5 Å². The summed E-state index contributed by atoms with van der Waals surface area (Å²) in [5, 5.41) is 2.72. The highest BCUT2D eigenvalue weighted by molar-refractivity contribution is 6.02. The number of anilines is 1. The van der Waals surface area contributed by atoms with E-state index in [2.05, 4.69) is 5.32 Å².